The van der Waals surface area contributed by atoms with Crippen molar-refractivity contribution in [2.24, 2.45) is 5.92 Å². The number of alkyl halides is 3. The lowest BCUT2D eigenvalue weighted by Gasteiger charge is -2.42. The minimum Gasteiger partial charge on any atom is -0.369 e. The number of nitrogens with zero attached hydrogens (tertiary/aromatic N) is 3. The molecule has 3 fully saturated rings. The normalized spacial score (nSPS) is 26.8. The largest absolute Gasteiger partial charge is 0.417 e. The van der Waals surface area contributed by atoms with Gasteiger partial charge in [-0.05, 0) is 70.4 Å². The Labute approximate surface area is 217 Å². The van der Waals surface area contributed by atoms with Crippen LogP contribution in [0.4, 0.5) is 17.6 Å². The summed E-state index contributed by atoms with van der Waals surface area (Å²) in [7, 11) is 1.08. The molecule has 1 atom stereocenters. The first kappa shape index (κ1) is 26.6. The number of aryl methyl sites for hydroxylation is 1. The third-order valence-corrected chi connectivity index (χ3v) is 8.47. The number of nitrogens with one attached hydrogen (secondary N) is 2. The highest BCUT2D eigenvalue weighted by Crippen LogP contribution is 2.51. The van der Waals surface area contributed by atoms with Crippen molar-refractivity contribution in [3.63, 3.8) is 0 Å². The molecule has 1 saturated heterocycles. The summed E-state index contributed by atoms with van der Waals surface area (Å²) in [6.45, 7) is 2.11. The summed E-state index contributed by atoms with van der Waals surface area (Å²) < 4.78 is 59.4. The summed E-state index contributed by atoms with van der Waals surface area (Å²) in [6, 6.07) is 2.76. The average molecular weight is 538 g/mol. The number of hydrogen-bond acceptors (Lipinski definition) is 5. The molecular formula is C26H31F4N5O3. The Hall–Kier alpha value is -3.02. The smallest absolute Gasteiger partial charge is 0.369 e. The van der Waals surface area contributed by atoms with E-state index in [0.717, 1.165) is 26.1 Å². The van der Waals surface area contributed by atoms with Gasteiger partial charge in [-0.15, -0.1) is 0 Å². The van der Waals surface area contributed by atoms with Crippen molar-refractivity contribution in [2.45, 2.75) is 81.6 Å². The van der Waals surface area contributed by atoms with Crippen LogP contribution in [0.2, 0.25) is 0 Å². The molecule has 2 aromatic rings. The van der Waals surface area contributed by atoms with Crippen molar-refractivity contribution in [1.82, 2.24) is 25.4 Å². The number of piperidine rings is 1. The first-order valence-electron chi connectivity index (χ1n) is 12.9. The molecule has 0 bridgehead atoms. The second-order valence-electron chi connectivity index (χ2n) is 10.8. The summed E-state index contributed by atoms with van der Waals surface area (Å²) in [5.41, 5.74) is -1.13. The number of pyridine rings is 1. The van der Waals surface area contributed by atoms with Gasteiger partial charge >= 0.3 is 6.18 Å². The van der Waals surface area contributed by atoms with Gasteiger partial charge in [0.15, 0.2) is 11.4 Å². The highest BCUT2D eigenvalue weighted by atomic mass is 19.4. The van der Waals surface area contributed by atoms with E-state index < -0.39 is 23.1 Å². The predicted octanol–water partition coefficient (Wildman–Crippen LogP) is 4.31. The van der Waals surface area contributed by atoms with Crippen molar-refractivity contribution in [3.8, 4) is 11.3 Å². The van der Waals surface area contributed by atoms with Crippen molar-refractivity contribution >= 4 is 11.8 Å². The van der Waals surface area contributed by atoms with Crippen molar-refractivity contribution in [3.05, 3.63) is 35.5 Å². The van der Waals surface area contributed by atoms with Gasteiger partial charge in [-0.3, -0.25) is 19.7 Å². The van der Waals surface area contributed by atoms with Crippen LogP contribution in [-0.4, -0.2) is 68.9 Å². The number of aromatic nitrogens is 3. The van der Waals surface area contributed by atoms with E-state index in [2.05, 4.69) is 20.5 Å². The molecule has 2 saturated carbocycles. The van der Waals surface area contributed by atoms with Gasteiger partial charge in [0.05, 0.1) is 11.9 Å². The molecule has 5 rings (SSSR count). The van der Waals surface area contributed by atoms with E-state index in [9.17, 15) is 27.2 Å². The Bertz CT molecular complexity index is 1220. The maximum absolute atomic E-state index is 14.2. The number of halogens is 4. The Balaban J connectivity index is 1.20. The summed E-state index contributed by atoms with van der Waals surface area (Å²) in [5.74, 6) is -1.26. The lowest BCUT2D eigenvalue weighted by molar-refractivity contribution is -0.280. The molecule has 1 spiro atoms. The summed E-state index contributed by atoms with van der Waals surface area (Å²) in [4.78, 5) is 32.1. The number of carbonyl (C=O) groups is 2. The van der Waals surface area contributed by atoms with Crippen molar-refractivity contribution in [2.75, 3.05) is 13.7 Å². The highest BCUT2D eigenvalue weighted by molar-refractivity contribution is 5.94. The zero-order valence-electron chi connectivity index (χ0n) is 21.3. The second-order valence-corrected chi connectivity index (χ2v) is 10.8. The molecule has 2 amide bonds. The maximum atomic E-state index is 14.2. The van der Waals surface area contributed by atoms with E-state index >= 15 is 0 Å². The second kappa shape index (κ2) is 9.62. The Kier molecular flexibility index (Phi) is 6.73. The Morgan fingerprint density at radius 3 is 2.50 bits per heavy atom. The Morgan fingerprint density at radius 2 is 1.87 bits per heavy atom. The fourth-order valence-electron chi connectivity index (χ4n) is 5.96. The number of aromatic amines is 1. The van der Waals surface area contributed by atoms with Crippen LogP contribution in [0.15, 0.2) is 18.3 Å². The predicted molar refractivity (Wildman–Crippen MR) is 128 cm³/mol. The van der Waals surface area contributed by atoms with Gasteiger partial charge in [0.25, 0.3) is 5.91 Å². The molecule has 12 heteroatoms. The van der Waals surface area contributed by atoms with E-state index in [-0.39, 0.29) is 60.7 Å². The summed E-state index contributed by atoms with van der Waals surface area (Å²) in [6.07, 6.45) is -0.823. The zero-order chi connectivity index (χ0) is 27.3. The van der Waals surface area contributed by atoms with Crippen LogP contribution in [-0.2, 0) is 9.53 Å². The van der Waals surface area contributed by atoms with Gasteiger partial charge in [-0.2, -0.15) is 18.3 Å². The Morgan fingerprint density at radius 1 is 1.16 bits per heavy atom. The van der Waals surface area contributed by atoms with Crippen LogP contribution in [0, 0.1) is 18.7 Å². The van der Waals surface area contributed by atoms with Crippen LogP contribution in [0.1, 0.15) is 67.5 Å². The molecule has 0 aromatic carbocycles. The highest BCUT2D eigenvalue weighted by Gasteiger charge is 2.57. The monoisotopic (exact) mass is 537 g/mol. The number of rotatable bonds is 5. The molecule has 206 valence electrons. The average Bonchev–Trinajstić information content (AvgIpc) is 3.46. The minimum absolute atomic E-state index is 0.169. The van der Waals surface area contributed by atoms with Gasteiger partial charge < -0.3 is 15.0 Å². The van der Waals surface area contributed by atoms with Crippen LogP contribution in [0.25, 0.3) is 11.3 Å². The van der Waals surface area contributed by atoms with Gasteiger partial charge in [-0.25, -0.2) is 4.39 Å². The van der Waals surface area contributed by atoms with E-state index in [1.165, 1.54) is 6.07 Å². The number of amides is 2. The summed E-state index contributed by atoms with van der Waals surface area (Å²) in [5, 5.41) is 9.81. The topological polar surface area (TPSA) is 100 Å². The zero-order valence-corrected chi connectivity index (χ0v) is 21.3. The number of hydrogen-bond donors (Lipinski definition) is 2. The van der Waals surface area contributed by atoms with E-state index in [1.807, 2.05) is 0 Å². The third kappa shape index (κ3) is 4.78. The lowest BCUT2D eigenvalue weighted by atomic mass is 9.81. The molecule has 3 heterocycles. The molecule has 3 aliphatic rings. The fourth-order valence-corrected chi connectivity index (χ4v) is 5.96. The molecule has 2 aliphatic carbocycles. The fraction of sp³-hybridized carbons (Fsp3) is 0.615. The van der Waals surface area contributed by atoms with Gasteiger partial charge in [0, 0.05) is 42.4 Å². The minimum atomic E-state index is -4.45. The molecule has 2 aromatic heterocycles. The van der Waals surface area contributed by atoms with Gasteiger partial charge in [0.1, 0.15) is 5.69 Å². The van der Waals surface area contributed by atoms with Gasteiger partial charge in [0.2, 0.25) is 5.91 Å². The van der Waals surface area contributed by atoms with Crippen molar-refractivity contribution < 1.29 is 31.9 Å². The van der Waals surface area contributed by atoms with Crippen LogP contribution in [0.5, 0.6) is 0 Å². The third-order valence-electron chi connectivity index (χ3n) is 8.47. The first-order valence-corrected chi connectivity index (χ1v) is 12.9. The molecule has 1 unspecified atom stereocenters. The quantitative estimate of drug-likeness (QED) is 0.554. The molecule has 1 aliphatic heterocycles. The summed E-state index contributed by atoms with van der Waals surface area (Å²) >= 11 is 0. The molecule has 2 N–H and O–H groups in total. The number of carbonyl (C=O) groups excluding carboxylic acids is 2. The first-order chi connectivity index (χ1) is 18.0. The number of likely N-dealkylation sites (tertiary alicyclic amines) is 1. The van der Waals surface area contributed by atoms with Gasteiger partial charge in [-0.1, -0.05) is 0 Å². The van der Waals surface area contributed by atoms with Crippen LogP contribution in [0.3, 0.4) is 0 Å². The number of H-pyrrole nitrogens is 1. The number of methoxy groups -OCH3 is 1. The van der Waals surface area contributed by atoms with E-state index in [4.69, 9.17) is 4.74 Å². The lowest BCUT2D eigenvalue weighted by Crippen LogP contribution is -2.54. The molecule has 8 nitrogen and oxygen atoms in total. The van der Waals surface area contributed by atoms with E-state index in [1.54, 1.807) is 17.9 Å². The molecular weight excluding hydrogens is 506 g/mol. The van der Waals surface area contributed by atoms with Crippen LogP contribution >= 0.6 is 0 Å². The van der Waals surface area contributed by atoms with Crippen LogP contribution < -0.4 is 5.32 Å². The number of ether oxygens (including phenoxy) is 1. The molecule has 38 heavy (non-hydrogen) atoms. The standard InChI is InChI=1S/C26H31F4N5O3/c1-15-11-18(19(27)14-31-15)20-12-21(34-33-20)23(37)35-10-5-16(13-24(35)8-9-24)22(36)32-17-3-6-25(38-2,7-4-17)26(28,29)30/h11-12,14,16-17H,3-10,13H2,1-2H3,(H,32,36)(H,33,34). The van der Waals surface area contributed by atoms with E-state index in [0.29, 0.717) is 30.8 Å². The molecule has 0 radical (unpaired) electrons. The maximum Gasteiger partial charge on any atom is 0.417 e. The SMILES string of the molecule is COC1(C(F)(F)F)CCC(NC(=O)C2CCN(C(=O)c3cc(-c4cc(C)ncc4F)n[nH]3)C3(CC3)C2)CC1. The van der Waals surface area contributed by atoms with Crippen molar-refractivity contribution in [1.29, 1.82) is 0 Å².